The lowest BCUT2D eigenvalue weighted by Crippen LogP contribution is -2.20. The van der Waals surface area contributed by atoms with Crippen molar-refractivity contribution in [2.24, 2.45) is 11.8 Å². The van der Waals surface area contributed by atoms with Gasteiger partial charge in [0.2, 0.25) is 11.8 Å². The Bertz CT molecular complexity index is 827. The predicted octanol–water partition coefficient (Wildman–Crippen LogP) is 4.48. The first-order chi connectivity index (χ1) is 11.8. The highest BCUT2D eigenvalue weighted by atomic mass is 35.5. The highest BCUT2D eigenvalue weighted by Gasteiger charge is 2.48. The summed E-state index contributed by atoms with van der Waals surface area (Å²) in [5.41, 5.74) is 4.57. The minimum Gasteiger partial charge on any atom is -0.326 e. The van der Waals surface area contributed by atoms with E-state index in [0.717, 1.165) is 22.4 Å². The molecule has 0 saturated heterocycles. The molecule has 2 aromatic carbocycles. The number of rotatable bonds is 4. The first-order valence-corrected chi connectivity index (χ1v) is 8.67. The molecule has 2 unspecified atom stereocenters. The van der Waals surface area contributed by atoms with Crippen molar-refractivity contribution in [2.75, 3.05) is 10.6 Å². The molecule has 25 heavy (non-hydrogen) atoms. The molecule has 2 aromatic rings. The molecule has 2 N–H and O–H groups in total. The Kier molecular flexibility index (Phi) is 4.82. The van der Waals surface area contributed by atoms with Gasteiger partial charge in [-0.2, -0.15) is 0 Å². The van der Waals surface area contributed by atoms with Crippen molar-refractivity contribution >= 4 is 34.8 Å². The molecule has 0 aromatic heterocycles. The van der Waals surface area contributed by atoms with Crippen LogP contribution in [0.25, 0.3) is 0 Å². The van der Waals surface area contributed by atoms with Crippen molar-refractivity contribution in [2.45, 2.75) is 27.2 Å². The van der Waals surface area contributed by atoms with Gasteiger partial charge in [0.15, 0.2) is 0 Å². The maximum atomic E-state index is 12.4. The Morgan fingerprint density at radius 1 is 0.880 bits per heavy atom. The molecule has 1 aliphatic carbocycles. The van der Waals surface area contributed by atoms with E-state index in [1.54, 1.807) is 6.07 Å². The van der Waals surface area contributed by atoms with Crippen LogP contribution in [0.15, 0.2) is 36.4 Å². The van der Waals surface area contributed by atoms with Crippen molar-refractivity contribution in [3.63, 3.8) is 0 Å². The standard InChI is InChI=1S/C20H21ClN2O2/c1-11-6-12(2)8-15(7-11)23-20(25)17-10-16(17)19(24)22-14-5-4-13(3)18(21)9-14/h4-9,16-17H,10H2,1-3H3,(H,22,24)(H,23,25). The van der Waals surface area contributed by atoms with Crippen LogP contribution in [0.4, 0.5) is 11.4 Å². The minimum atomic E-state index is -0.286. The number of carbonyl (C=O) groups is 2. The van der Waals surface area contributed by atoms with Crippen LogP contribution < -0.4 is 10.6 Å². The van der Waals surface area contributed by atoms with Crippen LogP contribution in [0.5, 0.6) is 0 Å². The van der Waals surface area contributed by atoms with Crippen LogP contribution >= 0.6 is 11.6 Å². The second-order valence-corrected chi connectivity index (χ2v) is 7.17. The third-order valence-corrected chi connectivity index (χ3v) is 4.80. The Hall–Kier alpha value is -2.33. The van der Waals surface area contributed by atoms with Gasteiger partial charge in [-0.15, -0.1) is 0 Å². The van der Waals surface area contributed by atoms with E-state index in [4.69, 9.17) is 11.6 Å². The average molecular weight is 357 g/mol. The zero-order valence-corrected chi connectivity index (χ0v) is 15.3. The molecule has 5 heteroatoms. The third kappa shape index (κ3) is 4.20. The molecule has 0 bridgehead atoms. The largest absolute Gasteiger partial charge is 0.326 e. The molecule has 0 radical (unpaired) electrons. The SMILES string of the molecule is Cc1cc(C)cc(NC(=O)C2CC2C(=O)Nc2ccc(C)c(Cl)c2)c1. The summed E-state index contributed by atoms with van der Waals surface area (Å²) in [5, 5.41) is 6.36. The van der Waals surface area contributed by atoms with Gasteiger partial charge in [0.05, 0.1) is 11.8 Å². The van der Waals surface area contributed by atoms with E-state index >= 15 is 0 Å². The maximum absolute atomic E-state index is 12.4. The molecule has 4 nitrogen and oxygen atoms in total. The van der Waals surface area contributed by atoms with Crippen molar-refractivity contribution in [3.8, 4) is 0 Å². The van der Waals surface area contributed by atoms with Gasteiger partial charge < -0.3 is 10.6 Å². The van der Waals surface area contributed by atoms with E-state index in [0.29, 0.717) is 17.1 Å². The van der Waals surface area contributed by atoms with Gasteiger partial charge in [0, 0.05) is 16.4 Å². The molecule has 1 saturated carbocycles. The van der Waals surface area contributed by atoms with Gasteiger partial charge in [0.1, 0.15) is 0 Å². The zero-order valence-electron chi connectivity index (χ0n) is 14.5. The Labute approximate surface area is 152 Å². The lowest BCUT2D eigenvalue weighted by atomic mass is 10.1. The molecule has 2 atom stereocenters. The molecule has 0 aliphatic heterocycles. The summed E-state index contributed by atoms with van der Waals surface area (Å²) in [5.74, 6) is -0.805. The zero-order chi connectivity index (χ0) is 18.1. The monoisotopic (exact) mass is 356 g/mol. The van der Waals surface area contributed by atoms with Crippen LogP contribution in [-0.4, -0.2) is 11.8 Å². The van der Waals surface area contributed by atoms with E-state index < -0.39 is 0 Å². The summed E-state index contributed by atoms with van der Waals surface area (Å²) in [6.07, 6.45) is 0.571. The van der Waals surface area contributed by atoms with Gasteiger partial charge in [-0.25, -0.2) is 0 Å². The fraction of sp³-hybridized carbons (Fsp3) is 0.300. The number of amides is 2. The lowest BCUT2D eigenvalue weighted by molar-refractivity contribution is -0.122. The van der Waals surface area contributed by atoms with Crippen LogP contribution in [-0.2, 0) is 9.59 Å². The molecule has 130 valence electrons. The van der Waals surface area contributed by atoms with Gasteiger partial charge in [-0.3, -0.25) is 9.59 Å². The first-order valence-electron chi connectivity index (χ1n) is 8.29. The number of carbonyl (C=O) groups excluding carboxylic acids is 2. The summed E-state index contributed by atoms with van der Waals surface area (Å²) in [4.78, 5) is 24.7. The number of anilines is 2. The number of hydrogen-bond donors (Lipinski definition) is 2. The molecule has 2 amide bonds. The van der Waals surface area contributed by atoms with Gasteiger partial charge in [-0.05, 0) is 68.1 Å². The van der Waals surface area contributed by atoms with Crippen LogP contribution in [0.3, 0.4) is 0 Å². The fourth-order valence-corrected chi connectivity index (χ4v) is 3.14. The predicted molar refractivity (Wildman–Crippen MR) is 101 cm³/mol. The van der Waals surface area contributed by atoms with Crippen LogP contribution in [0, 0.1) is 32.6 Å². The van der Waals surface area contributed by atoms with E-state index in [2.05, 4.69) is 16.7 Å². The Morgan fingerprint density at radius 3 is 2.00 bits per heavy atom. The fourth-order valence-electron chi connectivity index (χ4n) is 2.96. The summed E-state index contributed by atoms with van der Waals surface area (Å²) in [6, 6.07) is 11.3. The van der Waals surface area contributed by atoms with E-state index in [-0.39, 0.29) is 23.7 Å². The van der Waals surface area contributed by atoms with E-state index in [1.807, 2.05) is 45.0 Å². The molecular weight excluding hydrogens is 336 g/mol. The van der Waals surface area contributed by atoms with Crippen molar-refractivity contribution in [3.05, 3.63) is 58.1 Å². The van der Waals surface area contributed by atoms with Gasteiger partial charge in [-0.1, -0.05) is 23.7 Å². The second-order valence-electron chi connectivity index (χ2n) is 6.77. The topological polar surface area (TPSA) is 58.2 Å². The summed E-state index contributed by atoms with van der Waals surface area (Å²) >= 11 is 6.07. The smallest absolute Gasteiger partial charge is 0.228 e. The highest BCUT2D eigenvalue weighted by molar-refractivity contribution is 6.31. The molecule has 3 rings (SSSR count). The van der Waals surface area contributed by atoms with Crippen molar-refractivity contribution in [1.29, 1.82) is 0 Å². The normalized spacial score (nSPS) is 18.6. The average Bonchev–Trinajstić information content (AvgIpc) is 3.30. The van der Waals surface area contributed by atoms with Gasteiger partial charge in [0.25, 0.3) is 0 Å². The number of aryl methyl sites for hydroxylation is 3. The first kappa shape index (κ1) is 17.5. The summed E-state index contributed by atoms with van der Waals surface area (Å²) < 4.78 is 0. The van der Waals surface area contributed by atoms with Crippen LogP contribution in [0.1, 0.15) is 23.1 Å². The van der Waals surface area contributed by atoms with Crippen molar-refractivity contribution in [1.82, 2.24) is 0 Å². The second kappa shape index (κ2) is 6.89. The van der Waals surface area contributed by atoms with Crippen molar-refractivity contribution < 1.29 is 9.59 Å². The highest BCUT2D eigenvalue weighted by Crippen LogP contribution is 2.40. The minimum absolute atomic E-state index is 0.105. The number of nitrogens with one attached hydrogen (secondary N) is 2. The maximum Gasteiger partial charge on any atom is 0.228 e. The van der Waals surface area contributed by atoms with E-state index in [9.17, 15) is 9.59 Å². The molecule has 1 fully saturated rings. The van der Waals surface area contributed by atoms with E-state index in [1.165, 1.54) is 0 Å². The number of hydrogen-bond acceptors (Lipinski definition) is 2. The third-order valence-electron chi connectivity index (χ3n) is 4.39. The molecule has 0 spiro atoms. The molecule has 1 aliphatic rings. The molecular formula is C20H21ClN2O2. The quantitative estimate of drug-likeness (QED) is 0.848. The summed E-state index contributed by atoms with van der Waals surface area (Å²) in [6.45, 7) is 5.88. The Balaban J connectivity index is 1.58. The van der Waals surface area contributed by atoms with Gasteiger partial charge >= 0.3 is 0 Å². The number of benzene rings is 2. The molecule has 0 heterocycles. The van der Waals surface area contributed by atoms with Crippen LogP contribution in [0.2, 0.25) is 5.02 Å². The lowest BCUT2D eigenvalue weighted by Gasteiger charge is -2.08. The Morgan fingerprint density at radius 2 is 1.44 bits per heavy atom. The number of halogens is 1. The summed E-state index contributed by atoms with van der Waals surface area (Å²) in [7, 11) is 0.